The summed E-state index contributed by atoms with van der Waals surface area (Å²) >= 11 is 1.73. The molecule has 8 heteroatoms. The van der Waals surface area contributed by atoms with Crippen LogP contribution in [0.15, 0.2) is 84.0 Å². The van der Waals surface area contributed by atoms with Gasteiger partial charge < -0.3 is 4.74 Å². The molecule has 5 rings (SSSR count). The Bertz CT molecular complexity index is 1410. The van der Waals surface area contributed by atoms with Gasteiger partial charge >= 0.3 is 0 Å². The van der Waals surface area contributed by atoms with Crippen LogP contribution in [0.1, 0.15) is 22.3 Å². The molecule has 0 saturated heterocycles. The quantitative estimate of drug-likeness (QED) is 0.272. The van der Waals surface area contributed by atoms with Gasteiger partial charge in [-0.25, -0.2) is 4.68 Å². The summed E-state index contributed by atoms with van der Waals surface area (Å²) in [5.41, 5.74) is 6.60. The molecular formula is C27H26N6OS. The number of methoxy groups -OCH3 is 1. The molecule has 0 aliphatic carbocycles. The van der Waals surface area contributed by atoms with E-state index in [4.69, 9.17) is 9.84 Å². The maximum atomic E-state index is 5.24. The lowest BCUT2D eigenvalue weighted by Gasteiger charge is -2.13. The van der Waals surface area contributed by atoms with E-state index in [2.05, 4.69) is 71.7 Å². The molecule has 0 bridgehead atoms. The van der Waals surface area contributed by atoms with Crippen molar-refractivity contribution in [2.75, 3.05) is 7.11 Å². The Hall–Kier alpha value is -3.91. The van der Waals surface area contributed by atoms with Gasteiger partial charge in [0.2, 0.25) is 5.82 Å². The number of nitrogens with zero attached hydrogens (tertiary/aromatic N) is 6. The van der Waals surface area contributed by atoms with Gasteiger partial charge in [-0.1, -0.05) is 60.7 Å². The summed E-state index contributed by atoms with van der Waals surface area (Å²) in [7, 11) is 1.66. The van der Waals surface area contributed by atoms with Crippen LogP contribution in [0.25, 0.3) is 17.1 Å². The molecular weight excluding hydrogens is 456 g/mol. The predicted octanol–water partition coefficient (Wildman–Crippen LogP) is 5.49. The minimum absolute atomic E-state index is 0.522. The zero-order valence-corrected chi connectivity index (χ0v) is 20.7. The third-order valence-corrected chi connectivity index (χ3v) is 6.92. The van der Waals surface area contributed by atoms with Crippen LogP contribution in [0.2, 0.25) is 0 Å². The van der Waals surface area contributed by atoms with Gasteiger partial charge in [-0.2, -0.15) is 9.90 Å². The van der Waals surface area contributed by atoms with Gasteiger partial charge in [0.05, 0.1) is 31.1 Å². The largest absolute Gasteiger partial charge is 0.497 e. The third kappa shape index (κ3) is 4.97. The van der Waals surface area contributed by atoms with Crippen LogP contribution in [0.5, 0.6) is 5.75 Å². The molecule has 35 heavy (non-hydrogen) atoms. The fraction of sp³-hybridized carbons (Fsp3) is 0.185. The number of hydrogen-bond acceptors (Lipinski definition) is 6. The summed E-state index contributed by atoms with van der Waals surface area (Å²) < 4.78 is 7.25. The Balaban J connectivity index is 1.49. The second-order valence-corrected chi connectivity index (χ2v) is 9.25. The molecule has 3 aromatic carbocycles. The van der Waals surface area contributed by atoms with Crippen molar-refractivity contribution in [3.05, 3.63) is 101 Å². The maximum Gasteiger partial charge on any atom is 0.209 e. The first-order valence-electron chi connectivity index (χ1n) is 11.3. The second-order valence-electron chi connectivity index (χ2n) is 8.28. The Morgan fingerprint density at radius 1 is 0.857 bits per heavy atom. The van der Waals surface area contributed by atoms with E-state index in [1.165, 1.54) is 5.56 Å². The zero-order chi connectivity index (χ0) is 24.2. The fourth-order valence-corrected chi connectivity index (χ4v) is 5.02. The molecule has 0 aliphatic rings. The average molecular weight is 483 g/mol. The number of aromatic nitrogens is 6. The van der Waals surface area contributed by atoms with Gasteiger partial charge in [0.1, 0.15) is 10.8 Å². The highest BCUT2D eigenvalue weighted by molar-refractivity contribution is 7.98. The molecule has 0 aliphatic heterocycles. The molecule has 2 heterocycles. The SMILES string of the molecule is COc1ccc(Cn2nnc(-c3cnn(-c4c(C)cccc4C)c3SCc3ccccc3)n2)cc1. The number of para-hydroxylation sites is 1. The van der Waals surface area contributed by atoms with E-state index in [0.717, 1.165) is 44.5 Å². The van der Waals surface area contributed by atoms with Crippen molar-refractivity contribution in [2.24, 2.45) is 0 Å². The minimum Gasteiger partial charge on any atom is -0.497 e. The highest BCUT2D eigenvalue weighted by Crippen LogP contribution is 2.35. The molecule has 0 saturated carbocycles. The number of ether oxygens (including phenoxy) is 1. The normalized spacial score (nSPS) is 11.1. The number of benzene rings is 3. The Morgan fingerprint density at radius 2 is 1.60 bits per heavy atom. The second kappa shape index (κ2) is 10.1. The van der Waals surface area contributed by atoms with Crippen LogP contribution in [0.4, 0.5) is 0 Å². The standard InChI is InChI=1S/C27H26N6OS/c1-19-8-7-9-20(2)25(19)33-27(35-18-22-10-5-4-6-11-22)24(16-28-33)26-29-31-32(30-26)17-21-12-14-23(34-3)15-13-21/h4-16H,17-18H2,1-3H3. The van der Waals surface area contributed by atoms with E-state index in [1.807, 2.05) is 41.2 Å². The Labute approximate surface area is 208 Å². The van der Waals surface area contributed by atoms with Crippen molar-refractivity contribution < 1.29 is 4.74 Å². The first-order chi connectivity index (χ1) is 17.1. The molecule has 2 aromatic heterocycles. The zero-order valence-electron chi connectivity index (χ0n) is 19.9. The van der Waals surface area contributed by atoms with E-state index in [1.54, 1.807) is 23.7 Å². The summed E-state index contributed by atoms with van der Waals surface area (Å²) in [5.74, 6) is 2.19. The first-order valence-corrected chi connectivity index (χ1v) is 12.3. The predicted molar refractivity (Wildman–Crippen MR) is 138 cm³/mol. The lowest BCUT2D eigenvalue weighted by atomic mass is 10.1. The molecule has 5 aromatic rings. The molecule has 0 spiro atoms. The van der Waals surface area contributed by atoms with E-state index in [0.29, 0.717) is 12.4 Å². The molecule has 0 unspecified atom stereocenters. The van der Waals surface area contributed by atoms with E-state index in [9.17, 15) is 0 Å². The number of thioether (sulfide) groups is 1. The van der Waals surface area contributed by atoms with Gasteiger partial charge in [-0.15, -0.1) is 22.0 Å². The van der Waals surface area contributed by atoms with Crippen LogP contribution in [0.3, 0.4) is 0 Å². The molecule has 0 N–H and O–H groups in total. The molecule has 0 fully saturated rings. The average Bonchev–Trinajstić information content (AvgIpc) is 3.51. The molecule has 0 atom stereocenters. The molecule has 176 valence electrons. The van der Waals surface area contributed by atoms with Crippen molar-refractivity contribution in [1.82, 2.24) is 30.0 Å². The van der Waals surface area contributed by atoms with Crippen molar-refractivity contribution >= 4 is 11.8 Å². The van der Waals surface area contributed by atoms with Gasteiger partial charge in [-0.3, -0.25) is 0 Å². The highest BCUT2D eigenvalue weighted by atomic mass is 32.2. The smallest absolute Gasteiger partial charge is 0.209 e. The highest BCUT2D eigenvalue weighted by Gasteiger charge is 2.20. The van der Waals surface area contributed by atoms with Crippen LogP contribution in [-0.4, -0.2) is 37.1 Å². The van der Waals surface area contributed by atoms with Crippen LogP contribution >= 0.6 is 11.8 Å². The van der Waals surface area contributed by atoms with E-state index < -0.39 is 0 Å². The summed E-state index contributed by atoms with van der Waals surface area (Å²) in [5, 5.41) is 19.1. The number of tetrazole rings is 1. The third-order valence-electron chi connectivity index (χ3n) is 5.77. The van der Waals surface area contributed by atoms with Crippen molar-refractivity contribution in [1.29, 1.82) is 0 Å². The van der Waals surface area contributed by atoms with E-state index >= 15 is 0 Å². The summed E-state index contributed by atoms with van der Waals surface area (Å²) in [4.78, 5) is 1.61. The van der Waals surface area contributed by atoms with Crippen molar-refractivity contribution in [2.45, 2.75) is 31.2 Å². The molecule has 7 nitrogen and oxygen atoms in total. The van der Waals surface area contributed by atoms with Crippen molar-refractivity contribution in [3.63, 3.8) is 0 Å². The van der Waals surface area contributed by atoms with Crippen LogP contribution in [0, 0.1) is 13.8 Å². The van der Waals surface area contributed by atoms with Gasteiger partial charge in [-0.05, 0) is 53.4 Å². The van der Waals surface area contributed by atoms with Crippen LogP contribution in [-0.2, 0) is 12.3 Å². The number of hydrogen-bond donors (Lipinski definition) is 0. The minimum atomic E-state index is 0.522. The lowest BCUT2D eigenvalue weighted by Crippen LogP contribution is -2.04. The lowest BCUT2D eigenvalue weighted by molar-refractivity contribution is 0.414. The Kier molecular flexibility index (Phi) is 6.63. The van der Waals surface area contributed by atoms with Gasteiger partial charge in [0, 0.05) is 5.75 Å². The summed E-state index contributed by atoms with van der Waals surface area (Å²) in [6.45, 7) is 4.74. The summed E-state index contributed by atoms with van der Waals surface area (Å²) in [6.07, 6.45) is 1.84. The molecule has 0 amide bonds. The van der Waals surface area contributed by atoms with Crippen LogP contribution < -0.4 is 4.74 Å². The molecule has 0 radical (unpaired) electrons. The fourth-order valence-electron chi connectivity index (χ4n) is 3.97. The van der Waals surface area contributed by atoms with Gasteiger partial charge in [0.25, 0.3) is 0 Å². The first kappa shape index (κ1) is 22.9. The maximum absolute atomic E-state index is 5.24. The number of rotatable bonds is 8. The number of aryl methyl sites for hydroxylation is 2. The van der Waals surface area contributed by atoms with E-state index in [-0.39, 0.29) is 0 Å². The Morgan fingerprint density at radius 3 is 2.31 bits per heavy atom. The van der Waals surface area contributed by atoms with Crippen molar-refractivity contribution in [3.8, 4) is 22.8 Å². The topological polar surface area (TPSA) is 70.7 Å². The summed E-state index contributed by atoms with van der Waals surface area (Å²) in [6, 6.07) is 24.6. The monoisotopic (exact) mass is 482 g/mol. The van der Waals surface area contributed by atoms with Gasteiger partial charge in [0.15, 0.2) is 0 Å².